The first-order valence-electron chi connectivity index (χ1n) is 11.7. The summed E-state index contributed by atoms with van der Waals surface area (Å²) >= 11 is 0. The molecule has 3 N–H and O–H groups in total. The monoisotopic (exact) mass is 483 g/mol. The number of hydrogen-bond acceptors (Lipinski definition) is 6. The molecule has 35 heavy (non-hydrogen) atoms. The molecule has 186 valence electrons. The second-order valence-electron chi connectivity index (χ2n) is 9.39. The van der Waals surface area contributed by atoms with Gasteiger partial charge in [0.2, 0.25) is 0 Å². The van der Waals surface area contributed by atoms with Crippen molar-refractivity contribution in [1.82, 2.24) is 14.8 Å². The van der Waals surface area contributed by atoms with Crippen LogP contribution >= 0.6 is 0 Å². The molecule has 1 aromatic carbocycles. The number of hydrogen-bond donors (Lipinski definition) is 2. The normalized spacial score (nSPS) is 20.0. The predicted molar refractivity (Wildman–Crippen MR) is 128 cm³/mol. The summed E-state index contributed by atoms with van der Waals surface area (Å²) in [6.07, 6.45) is 2.65. The summed E-state index contributed by atoms with van der Waals surface area (Å²) in [7, 11) is 0. The van der Waals surface area contributed by atoms with E-state index in [1.165, 1.54) is 28.1 Å². The lowest BCUT2D eigenvalue weighted by Crippen LogP contribution is -2.58. The number of benzene rings is 1. The number of carbonyl (C=O) groups excluding carboxylic acids is 3. The zero-order chi connectivity index (χ0) is 25.3. The molecule has 2 heterocycles. The number of amides is 3. The molecular weight excluding hydrogens is 453 g/mol. The molecule has 2 atom stereocenters. The second kappa shape index (κ2) is 9.89. The standard InChI is InChI=1S/C25H30FN5O4/c1-14(2)35-25(34)30-13-21(17-6-8-18(26)9-7-17)31(12-15(30)3)24(33)23(32)29-19-10-20(16-4-5-16)22(27)28-11-19/h6-11,14-16,21H,4-5,12-13H2,1-3H3,(H2,27,28)(H,29,32)/t15-,21-/m0/s1. The maximum atomic E-state index is 13.6. The quantitative estimate of drug-likeness (QED) is 0.644. The van der Waals surface area contributed by atoms with Gasteiger partial charge in [0.15, 0.2) is 0 Å². The highest BCUT2D eigenvalue weighted by Gasteiger charge is 2.40. The van der Waals surface area contributed by atoms with Crippen LogP contribution in [0.4, 0.5) is 20.7 Å². The summed E-state index contributed by atoms with van der Waals surface area (Å²) in [5, 5.41) is 2.63. The maximum Gasteiger partial charge on any atom is 0.410 e. The molecule has 4 rings (SSSR count). The molecule has 2 aliphatic rings. The number of anilines is 2. The van der Waals surface area contributed by atoms with E-state index in [4.69, 9.17) is 10.5 Å². The Kier molecular flexibility index (Phi) is 6.90. The van der Waals surface area contributed by atoms with Crippen molar-refractivity contribution >= 4 is 29.4 Å². The minimum Gasteiger partial charge on any atom is -0.447 e. The zero-order valence-electron chi connectivity index (χ0n) is 20.0. The highest BCUT2D eigenvalue weighted by molar-refractivity contribution is 6.39. The topological polar surface area (TPSA) is 118 Å². The third-order valence-corrected chi connectivity index (χ3v) is 6.24. The Hall–Kier alpha value is -3.69. The van der Waals surface area contributed by atoms with Crippen LogP contribution in [-0.2, 0) is 14.3 Å². The molecule has 1 aromatic heterocycles. The van der Waals surface area contributed by atoms with Gasteiger partial charge in [-0.3, -0.25) is 9.59 Å². The van der Waals surface area contributed by atoms with Crippen molar-refractivity contribution in [3.63, 3.8) is 0 Å². The Bertz CT molecular complexity index is 1120. The third-order valence-electron chi connectivity index (χ3n) is 6.24. The van der Waals surface area contributed by atoms with E-state index >= 15 is 0 Å². The van der Waals surface area contributed by atoms with Crippen molar-refractivity contribution in [3.8, 4) is 0 Å². The summed E-state index contributed by atoms with van der Waals surface area (Å²) < 4.78 is 18.9. The van der Waals surface area contributed by atoms with E-state index in [2.05, 4.69) is 10.3 Å². The van der Waals surface area contributed by atoms with E-state index in [0.717, 1.165) is 18.4 Å². The van der Waals surface area contributed by atoms with Gasteiger partial charge in [0, 0.05) is 19.1 Å². The maximum absolute atomic E-state index is 13.6. The molecule has 10 heteroatoms. The van der Waals surface area contributed by atoms with E-state index in [1.54, 1.807) is 39.0 Å². The molecule has 0 unspecified atom stereocenters. The van der Waals surface area contributed by atoms with Crippen LogP contribution < -0.4 is 11.1 Å². The Morgan fingerprint density at radius 3 is 2.46 bits per heavy atom. The number of carbonyl (C=O) groups is 3. The number of nitrogens with two attached hydrogens (primary N) is 1. The van der Waals surface area contributed by atoms with Gasteiger partial charge < -0.3 is 25.6 Å². The van der Waals surface area contributed by atoms with Crippen molar-refractivity contribution in [2.24, 2.45) is 0 Å². The SMILES string of the molecule is CC(C)OC(=O)N1C[C@@H](c2ccc(F)cc2)N(C(=O)C(=O)Nc2cnc(N)c(C3CC3)c2)C[C@@H]1C. The van der Waals surface area contributed by atoms with Gasteiger partial charge in [-0.1, -0.05) is 12.1 Å². The van der Waals surface area contributed by atoms with E-state index in [1.807, 2.05) is 0 Å². The van der Waals surface area contributed by atoms with Crippen LogP contribution in [-0.4, -0.2) is 57.9 Å². The fourth-order valence-corrected chi connectivity index (χ4v) is 4.29. The number of ether oxygens (including phenoxy) is 1. The van der Waals surface area contributed by atoms with Gasteiger partial charge in [-0.05, 0) is 68.9 Å². The van der Waals surface area contributed by atoms with Crippen LogP contribution in [0.1, 0.15) is 56.7 Å². The Morgan fingerprint density at radius 2 is 1.83 bits per heavy atom. The van der Waals surface area contributed by atoms with Gasteiger partial charge in [-0.2, -0.15) is 0 Å². The number of aromatic nitrogens is 1. The molecule has 1 aliphatic carbocycles. The first-order chi connectivity index (χ1) is 16.6. The van der Waals surface area contributed by atoms with Crippen molar-refractivity contribution in [1.29, 1.82) is 0 Å². The van der Waals surface area contributed by atoms with Gasteiger partial charge in [0.1, 0.15) is 11.6 Å². The summed E-state index contributed by atoms with van der Waals surface area (Å²) in [5.74, 6) is -1.25. The molecular formula is C25H30FN5O4. The summed E-state index contributed by atoms with van der Waals surface area (Å²) in [5.41, 5.74) is 7.81. The number of nitrogens with zero attached hydrogens (tertiary/aromatic N) is 3. The smallest absolute Gasteiger partial charge is 0.410 e. The van der Waals surface area contributed by atoms with Crippen LogP contribution in [0.2, 0.25) is 0 Å². The van der Waals surface area contributed by atoms with Gasteiger partial charge in [0.25, 0.3) is 0 Å². The Balaban J connectivity index is 1.56. The van der Waals surface area contributed by atoms with Crippen molar-refractivity contribution in [2.75, 3.05) is 24.1 Å². The van der Waals surface area contributed by atoms with Gasteiger partial charge >= 0.3 is 17.9 Å². The highest BCUT2D eigenvalue weighted by atomic mass is 19.1. The largest absolute Gasteiger partial charge is 0.447 e. The lowest BCUT2D eigenvalue weighted by atomic mass is 9.99. The lowest BCUT2D eigenvalue weighted by molar-refractivity contribution is -0.147. The first-order valence-corrected chi connectivity index (χ1v) is 11.7. The molecule has 1 saturated carbocycles. The second-order valence-corrected chi connectivity index (χ2v) is 9.39. The van der Waals surface area contributed by atoms with Gasteiger partial charge in [-0.15, -0.1) is 0 Å². The predicted octanol–water partition coefficient (Wildman–Crippen LogP) is 3.44. The number of rotatable bonds is 4. The average Bonchev–Trinajstić information content (AvgIpc) is 3.65. The molecule has 2 aromatic rings. The highest BCUT2D eigenvalue weighted by Crippen LogP contribution is 2.42. The van der Waals surface area contributed by atoms with E-state index < -0.39 is 35.8 Å². The van der Waals surface area contributed by atoms with Gasteiger partial charge in [-0.25, -0.2) is 14.2 Å². The minimum atomic E-state index is -0.823. The van der Waals surface area contributed by atoms with Crippen LogP contribution in [0, 0.1) is 5.82 Å². The number of halogens is 1. The summed E-state index contributed by atoms with van der Waals surface area (Å²) in [6, 6.07) is 6.37. The molecule has 9 nitrogen and oxygen atoms in total. The molecule has 0 radical (unpaired) electrons. The molecule has 1 saturated heterocycles. The van der Waals surface area contributed by atoms with Crippen LogP contribution in [0.5, 0.6) is 0 Å². The van der Waals surface area contributed by atoms with Crippen molar-refractivity contribution < 1.29 is 23.5 Å². The van der Waals surface area contributed by atoms with Crippen LogP contribution in [0.3, 0.4) is 0 Å². The van der Waals surface area contributed by atoms with E-state index in [-0.39, 0.29) is 19.2 Å². The van der Waals surface area contributed by atoms with Gasteiger partial charge in [0.05, 0.1) is 24.0 Å². The fraction of sp³-hybridized carbons (Fsp3) is 0.440. The van der Waals surface area contributed by atoms with Crippen LogP contribution in [0.15, 0.2) is 36.5 Å². The van der Waals surface area contributed by atoms with Crippen LogP contribution in [0.25, 0.3) is 0 Å². The fourth-order valence-electron chi connectivity index (χ4n) is 4.29. The van der Waals surface area contributed by atoms with E-state index in [0.29, 0.717) is 23.0 Å². The van der Waals surface area contributed by atoms with Crippen molar-refractivity contribution in [2.45, 2.75) is 57.7 Å². The minimum absolute atomic E-state index is 0.104. The average molecular weight is 484 g/mol. The Morgan fingerprint density at radius 1 is 1.14 bits per heavy atom. The van der Waals surface area contributed by atoms with Crippen molar-refractivity contribution in [3.05, 3.63) is 53.5 Å². The zero-order valence-corrected chi connectivity index (χ0v) is 20.0. The third kappa shape index (κ3) is 5.52. The molecule has 1 aliphatic heterocycles. The summed E-state index contributed by atoms with van der Waals surface area (Å²) in [6.45, 7) is 5.50. The summed E-state index contributed by atoms with van der Waals surface area (Å²) in [4.78, 5) is 46.0. The molecule has 2 fully saturated rings. The molecule has 0 bridgehead atoms. The number of pyridine rings is 1. The Labute approximate surface area is 203 Å². The number of piperazine rings is 1. The number of nitrogen functional groups attached to an aromatic ring is 1. The number of nitrogens with one attached hydrogen (secondary N) is 1. The molecule has 3 amide bonds. The first kappa shape index (κ1) is 24.4. The lowest BCUT2D eigenvalue weighted by Gasteiger charge is -2.44. The molecule has 0 spiro atoms. The van der Waals surface area contributed by atoms with E-state index in [9.17, 15) is 18.8 Å².